The van der Waals surface area contributed by atoms with Gasteiger partial charge in [0.2, 0.25) is 5.91 Å². The molecule has 0 saturated carbocycles. The Morgan fingerprint density at radius 3 is 2.32 bits per heavy atom. The number of rotatable bonds is 4. The third kappa shape index (κ3) is 2.73. The van der Waals surface area contributed by atoms with E-state index in [2.05, 4.69) is 5.32 Å². The van der Waals surface area contributed by atoms with Crippen molar-refractivity contribution >= 4 is 24.2 Å². The molecule has 2 aromatic rings. The van der Waals surface area contributed by atoms with Crippen molar-refractivity contribution in [3.05, 3.63) is 59.2 Å². The summed E-state index contributed by atoms with van der Waals surface area (Å²) in [6.45, 7) is 3.89. The molecular formula is C18H18BF2NO3. The molecular weight excluding hydrogens is 327 g/mol. The van der Waals surface area contributed by atoms with Gasteiger partial charge in [-0.1, -0.05) is 44.2 Å². The lowest BCUT2D eigenvalue weighted by Crippen LogP contribution is -2.38. The SMILES string of the molecule is CC(C)CC1(c2ccc(B(O)O)cc2)C(=O)Nc2c1ccc(F)c2F. The summed E-state index contributed by atoms with van der Waals surface area (Å²) < 4.78 is 27.8. The van der Waals surface area contributed by atoms with Crippen LogP contribution < -0.4 is 10.8 Å². The highest BCUT2D eigenvalue weighted by molar-refractivity contribution is 6.58. The van der Waals surface area contributed by atoms with Gasteiger partial charge in [-0.25, -0.2) is 8.78 Å². The van der Waals surface area contributed by atoms with Crippen molar-refractivity contribution in [3.63, 3.8) is 0 Å². The van der Waals surface area contributed by atoms with Crippen molar-refractivity contribution in [1.29, 1.82) is 0 Å². The van der Waals surface area contributed by atoms with Crippen LogP contribution in [0.25, 0.3) is 0 Å². The zero-order valence-corrected chi connectivity index (χ0v) is 13.9. The average molecular weight is 345 g/mol. The summed E-state index contributed by atoms with van der Waals surface area (Å²) in [7, 11) is -1.62. The zero-order valence-electron chi connectivity index (χ0n) is 13.9. The van der Waals surface area contributed by atoms with Crippen LogP contribution in [0.3, 0.4) is 0 Å². The van der Waals surface area contributed by atoms with Gasteiger partial charge in [-0.15, -0.1) is 0 Å². The summed E-state index contributed by atoms with van der Waals surface area (Å²) in [4.78, 5) is 12.9. The molecule has 1 aliphatic heterocycles. The van der Waals surface area contributed by atoms with Gasteiger partial charge >= 0.3 is 7.12 Å². The second-order valence-corrected chi connectivity index (χ2v) is 6.74. The maximum atomic E-state index is 14.2. The van der Waals surface area contributed by atoms with E-state index < -0.39 is 30.1 Å². The molecule has 1 atom stereocenters. The van der Waals surface area contributed by atoms with Crippen LogP contribution in [0.15, 0.2) is 36.4 Å². The highest BCUT2D eigenvalue weighted by Gasteiger charge is 2.49. The summed E-state index contributed by atoms with van der Waals surface area (Å²) in [5, 5.41) is 21.0. The second kappa shape index (κ2) is 6.24. The number of amides is 1. The number of anilines is 1. The normalized spacial score (nSPS) is 19.1. The van der Waals surface area contributed by atoms with E-state index in [1.165, 1.54) is 18.2 Å². The largest absolute Gasteiger partial charge is 0.488 e. The first-order chi connectivity index (χ1) is 11.8. The van der Waals surface area contributed by atoms with Crippen molar-refractivity contribution in [3.8, 4) is 0 Å². The smallest absolute Gasteiger partial charge is 0.423 e. The Balaban J connectivity index is 2.22. The molecule has 1 amide bonds. The molecule has 130 valence electrons. The van der Waals surface area contributed by atoms with E-state index in [0.717, 1.165) is 6.07 Å². The molecule has 1 aliphatic rings. The Hall–Kier alpha value is -2.25. The minimum atomic E-state index is -1.62. The Morgan fingerprint density at radius 2 is 1.76 bits per heavy atom. The van der Waals surface area contributed by atoms with Gasteiger partial charge in [0.05, 0.1) is 5.69 Å². The first-order valence-corrected chi connectivity index (χ1v) is 8.04. The summed E-state index contributed by atoms with van der Waals surface area (Å²) >= 11 is 0. The lowest BCUT2D eigenvalue weighted by atomic mass is 9.69. The minimum Gasteiger partial charge on any atom is -0.423 e. The number of benzene rings is 2. The number of hydrogen-bond donors (Lipinski definition) is 3. The third-order valence-corrected chi connectivity index (χ3v) is 4.60. The number of fused-ring (bicyclic) bond motifs is 1. The van der Waals surface area contributed by atoms with Gasteiger partial charge in [0.15, 0.2) is 11.6 Å². The van der Waals surface area contributed by atoms with Gasteiger partial charge < -0.3 is 15.4 Å². The van der Waals surface area contributed by atoms with Crippen molar-refractivity contribution < 1.29 is 23.6 Å². The molecule has 2 aromatic carbocycles. The molecule has 1 unspecified atom stereocenters. The molecule has 25 heavy (non-hydrogen) atoms. The Kier molecular flexibility index (Phi) is 4.39. The average Bonchev–Trinajstić information content (AvgIpc) is 2.84. The molecule has 4 nitrogen and oxygen atoms in total. The maximum absolute atomic E-state index is 14.2. The number of hydrogen-bond acceptors (Lipinski definition) is 3. The van der Waals surface area contributed by atoms with Gasteiger partial charge in [-0.3, -0.25) is 4.79 Å². The van der Waals surface area contributed by atoms with Crippen LogP contribution in [0.1, 0.15) is 31.4 Å². The van der Waals surface area contributed by atoms with Crippen molar-refractivity contribution in [1.82, 2.24) is 0 Å². The fourth-order valence-electron chi connectivity index (χ4n) is 3.53. The van der Waals surface area contributed by atoms with E-state index in [1.54, 1.807) is 12.1 Å². The van der Waals surface area contributed by atoms with Gasteiger partial charge in [0.25, 0.3) is 0 Å². The van der Waals surface area contributed by atoms with Gasteiger partial charge in [0.1, 0.15) is 5.41 Å². The molecule has 0 fully saturated rings. The standard InChI is InChI=1S/C18H18BF2NO3/c1-10(2)9-18(11-3-5-12(6-4-11)19(24)25)13-7-8-14(20)15(21)16(13)22-17(18)23/h3-8,10,24-25H,9H2,1-2H3,(H,22,23). The Labute approximate surface area is 144 Å². The van der Waals surface area contributed by atoms with Crippen LogP contribution in [0, 0.1) is 17.6 Å². The van der Waals surface area contributed by atoms with Crippen LogP contribution in [-0.2, 0) is 10.2 Å². The fraction of sp³-hybridized carbons (Fsp3) is 0.278. The van der Waals surface area contributed by atoms with Crippen molar-refractivity contribution in [2.75, 3.05) is 5.32 Å². The van der Waals surface area contributed by atoms with E-state index in [1.807, 2.05) is 13.8 Å². The van der Waals surface area contributed by atoms with Crippen molar-refractivity contribution in [2.24, 2.45) is 5.92 Å². The van der Waals surface area contributed by atoms with E-state index in [4.69, 9.17) is 0 Å². The van der Waals surface area contributed by atoms with Crippen LogP contribution in [0.4, 0.5) is 14.5 Å². The molecule has 0 radical (unpaired) electrons. The summed E-state index contributed by atoms with van der Waals surface area (Å²) in [6, 6.07) is 8.71. The molecule has 3 rings (SSSR count). The fourth-order valence-corrected chi connectivity index (χ4v) is 3.53. The summed E-state index contributed by atoms with van der Waals surface area (Å²) in [5.74, 6) is -2.40. The van der Waals surface area contributed by atoms with Gasteiger partial charge in [-0.2, -0.15) is 0 Å². The van der Waals surface area contributed by atoms with Crippen LogP contribution in [-0.4, -0.2) is 23.1 Å². The lowest BCUT2D eigenvalue weighted by molar-refractivity contribution is -0.120. The molecule has 7 heteroatoms. The predicted octanol–water partition coefficient (Wildman–Crippen LogP) is 1.93. The second-order valence-electron chi connectivity index (χ2n) is 6.74. The summed E-state index contributed by atoms with van der Waals surface area (Å²) in [5.41, 5.74) is -0.0173. The molecule has 1 heterocycles. The highest BCUT2D eigenvalue weighted by Crippen LogP contribution is 2.47. The van der Waals surface area contributed by atoms with Crippen LogP contribution >= 0.6 is 0 Å². The highest BCUT2D eigenvalue weighted by atomic mass is 19.2. The lowest BCUT2D eigenvalue weighted by Gasteiger charge is -2.30. The molecule has 0 spiro atoms. The minimum absolute atomic E-state index is 0.105. The molecule has 3 N–H and O–H groups in total. The van der Waals surface area contributed by atoms with E-state index >= 15 is 0 Å². The molecule has 0 saturated heterocycles. The van der Waals surface area contributed by atoms with E-state index in [-0.39, 0.29) is 17.1 Å². The first-order valence-electron chi connectivity index (χ1n) is 8.04. The van der Waals surface area contributed by atoms with E-state index in [0.29, 0.717) is 17.5 Å². The van der Waals surface area contributed by atoms with Crippen LogP contribution in [0.2, 0.25) is 0 Å². The quantitative estimate of drug-likeness (QED) is 0.742. The maximum Gasteiger partial charge on any atom is 0.488 e. The number of nitrogens with one attached hydrogen (secondary N) is 1. The predicted molar refractivity (Wildman–Crippen MR) is 91.5 cm³/mol. The van der Waals surface area contributed by atoms with E-state index in [9.17, 15) is 23.6 Å². The molecule has 0 aromatic heterocycles. The Morgan fingerprint density at radius 1 is 1.12 bits per heavy atom. The number of carbonyl (C=O) groups excluding carboxylic acids is 1. The van der Waals surface area contributed by atoms with Gasteiger partial charge in [-0.05, 0) is 35.0 Å². The monoisotopic (exact) mass is 345 g/mol. The first kappa shape index (κ1) is 17.6. The van der Waals surface area contributed by atoms with Crippen molar-refractivity contribution in [2.45, 2.75) is 25.7 Å². The Bertz CT molecular complexity index is 824. The van der Waals surface area contributed by atoms with Crippen LogP contribution in [0.5, 0.6) is 0 Å². The zero-order chi connectivity index (χ0) is 18.4. The van der Waals surface area contributed by atoms with Gasteiger partial charge in [0, 0.05) is 0 Å². The number of carbonyl (C=O) groups is 1. The topological polar surface area (TPSA) is 69.6 Å². The molecule has 0 aliphatic carbocycles. The molecule has 0 bridgehead atoms. The summed E-state index contributed by atoms with van der Waals surface area (Å²) in [6.07, 6.45) is 0.401. The number of halogens is 2. The third-order valence-electron chi connectivity index (χ3n) is 4.60.